The minimum atomic E-state index is -7.93. The number of alkyl halides is 13. The molecule has 0 aliphatic heterocycles. The van der Waals surface area contributed by atoms with Crippen LogP contribution in [0.3, 0.4) is 0 Å². The van der Waals surface area contributed by atoms with Crippen molar-refractivity contribution in [2.75, 3.05) is 6.61 Å². The average molecular weight is 490 g/mol. The van der Waals surface area contributed by atoms with Crippen LogP contribution in [0, 0.1) is 0 Å². The van der Waals surface area contributed by atoms with E-state index in [4.69, 9.17) is 0 Å². The van der Waals surface area contributed by atoms with Gasteiger partial charge in [0.15, 0.2) is 0 Å². The highest BCUT2D eigenvalue weighted by Crippen LogP contribution is 2.60. The van der Waals surface area contributed by atoms with Crippen LogP contribution < -0.4 is 0 Å². The fraction of sp³-hybridized carbons (Fsp3) is 0.938. The molecule has 0 unspecified atom stereocenters. The zero-order valence-corrected chi connectivity index (χ0v) is 15.9. The Labute approximate surface area is 168 Å². The van der Waals surface area contributed by atoms with Crippen LogP contribution in [0.4, 0.5) is 57.1 Å². The van der Waals surface area contributed by atoms with Crippen molar-refractivity contribution in [3.05, 3.63) is 0 Å². The van der Waals surface area contributed by atoms with Gasteiger partial charge in [-0.15, -0.1) is 0 Å². The second-order valence-electron chi connectivity index (χ2n) is 6.63. The number of unbranched alkanes of at least 4 members (excludes halogenated alkanes) is 4. The second-order valence-corrected chi connectivity index (χ2v) is 6.63. The summed E-state index contributed by atoms with van der Waals surface area (Å²) in [6.45, 7) is 0.182. The number of ether oxygens (including phenoxy) is 1. The zero-order chi connectivity index (χ0) is 24.9. The largest absolute Gasteiger partial charge is 0.465 e. The molecular formula is C16H19F13O2. The van der Waals surface area contributed by atoms with Crippen molar-refractivity contribution in [2.45, 2.75) is 87.7 Å². The Kier molecular flexibility index (Phi) is 9.54. The Bertz CT molecular complexity index is 585. The predicted molar refractivity (Wildman–Crippen MR) is 79.7 cm³/mol. The average Bonchev–Trinajstić information content (AvgIpc) is 2.59. The predicted octanol–water partition coefficient (Wildman–Crippen LogP) is 7.02. The van der Waals surface area contributed by atoms with Crippen LogP contribution in [-0.4, -0.2) is 48.4 Å². The molecule has 0 aliphatic rings. The highest BCUT2D eigenvalue weighted by Gasteiger charge is 2.90. The summed E-state index contributed by atoms with van der Waals surface area (Å²) in [6.07, 6.45) is -7.23. The van der Waals surface area contributed by atoms with Crippen LogP contribution in [0.25, 0.3) is 0 Å². The third kappa shape index (κ3) is 6.08. The molecule has 0 radical (unpaired) electrons. The number of hydrogen-bond acceptors (Lipinski definition) is 2. The molecule has 0 spiro atoms. The van der Waals surface area contributed by atoms with E-state index in [0.29, 0.717) is 12.8 Å². The van der Waals surface area contributed by atoms with Crippen molar-refractivity contribution in [2.24, 2.45) is 0 Å². The lowest BCUT2D eigenvalue weighted by atomic mass is 9.93. The standard InChI is InChI=1S/C16H19F13O2/c1-2-3-4-5-6-7-10(30)31-9-8-11(17,18)12(19,20)13(21,22)14(23,24)15(25,26)16(27,28)29/h2-9H2,1H3. The monoisotopic (exact) mass is 490 g/mol. The van der Waals surface area contributed by atoms with Crippen LogP contribution in [0.2, 0.25) is 0 Å². The molecule has 0 aromatic carbocycles. The topological polar surface area (TPSA) is 26.3 Å². The molecule has 0 fully saturated rings. The Morgan fingerprint density at radius 2 is 1.10 bits per heavy atom. The van der Waals surface area contributed by atoms with E-state index >= 15 is 0 Å². The first-order chi connectivity index (χ1) is 13.7. The quantitative estimate of drug-likeness (QED) is 0.158. The first-order valence-corrected chi connectivity index (χ1v) is 8.82. The molecule has 2 nitrogen and oxygen atoms in total. The van der Waals surface area contributed by atoms with E-state index in [1.807, 2.05) is 6.92 Å². The summed E-state index contributed by atoms with van der Waals surface area (Å²) in [5.74, 6) is -38.3. The molecule has 31 heavy (non-hydrogen) atoms. The van der Waals surface area contributed by atoms with E-state index in [-0.39, 0.29) is 12.8 Å². The fourth-order valence-corrected chi connectivity index (χ4v) is 2.20. The molecular weight excluding hydrogens is 471 g/mol. The molecule has 186 valence electrons. The molecule has 0 N–H and O–H groups in total. The van der Waals surface area contributed by atoms with E-state index in [1.165, 1.54) is 0 Å². The van der Waals surface area contributed by atoms with Gasteiger partial charge in [0, 0.05) is 6.42 Å². The number of halogens is 13. The third-order valence-corrected chi connectivity index (χ3v) is 4.16. The number of esters is 1. The van der Waals surface area contributed by atoms with Gasteiger partial charge in [0.05, 0.1) is 13.0 Å². The summed E-state index contributed by atoms with van der Waals surface area (Å²) in [4.78, 5) is 11.3. The zero-order valence-electron chi connectivity index (χ0n) is 15.9. The summed E-state index contributed by atoms with van der Waals surface area (Å²) in [7, 11) is 0. The lowest BCUT2D eigenvalue weighted by Crippen LogP contribution is -2.70. The minimum Gasteiger partial charge on any atom is -0.465 e. The van der Waals surface area contributed by atoms with Crippen LogP contribution >= 0.6 is 0 Å². The molecule has 0 aliphatic carbocycles. The summed E-state index contributed by atoms with van der Waals surface area (Å²) in [6, 6.07) is 0. The molecule has 0 heterocycles. The van der Waals surface area contributed by atoms with E-state index < -0.39 is 54.8 Å². The van der Waals surface area contributed by atoms with Crippen LogP contribution in [0.1, 0.15) is 51.9 Å². The van der Waals surface area contributed by atoms with Gasteiger partial charge in [-0.25, -0.2) is 0 Å². The van der Waals surface area contributed by atoms with E-state index in [9.17, 15) is 61.9 Å². The molecule has 0 saturated carbocycles. The second kappa shape index (κ2) is 10.0. The fourth-order valence-electron chi connectivity index (χ4n) is 2.20. The van der Waals surface area contributed by atoms with Crippen molar-refractivity contribution < 1.29 is 66.6 Å². The Morgan fingerprint density at radius 3 is 1.55 bits per heavy atom. The van der Waals surface area contributed by atoms with Crippen molar-refractivity contribution in [1.29, 1.82) is 0 Å². The van der Waals surface area contributed by atoms with Crippen molar-refractivity contribution in [3.8, 4) is 0 Å². The van der Waals surface area contributed by atoms with Gasteiger partial charge in [0.1, 0.15) is 0 Å². The lowest BCUT2D eigenvalue weighted by molar-refractivity contribution is -0.440. The van der Waals surface area contributed by atoms with Crippen molar-refractivity contribution >= 4 is 5.97 Å². The third-order valence-electron chi connectivity index (χ3n) is 4.16. The van der Waals surface area contributed by atoms with Gasteiger partial charge < -0.3 is 4.74 Å². The normalized spacial score (nSPS) is 14.6. The van der Waals surface area contributed by atoms with Gasteiger partial charge in [-0.05, 0) is 6.42 Å². The van der Waals surface area contributed by atoms with E-state index in [0.717, 1.165) is 12.8 Å². The van der Waals surface area contributed by atoms with Gasteiger partial charge in [0.25, 0.3) is 0 Å². The van der Waals surface area contributed by atoms with Gasteiger partial charge in [-0.2, -0.15) is 57.1 Å². The Hall–Kier alpha value is -1.44. The number of rotatable bonds is 13. The molecule has 0 bridgehead atoms. The highest BCUT2D eigenvalue weighted by atomic mass is 19.4. The molecule has 0 saturated heterocycles. The van der Waals surface area contributed by atoms with Gasteiger partial charge in [0.2, 0.25) is 0 Å². The van der Waals surface area contributed by atoms with Gasteiger partial charge >= 0.3 is 41.8 Å². The number of carbonyl (C=O) groups excluding carboxylic acids is 1. The Balaban J connectivity index is 5.23. The number of hydrogen-bond donors (Lipinski definition) is 0. The minimum absolute atomic E-state index is 0.211. The molecule has 0 atom stereocenters. The summed E-state index contributed by atoms with van der Waals surface area (Å²) >= 11 is 0. The maximum atomic E-state index is 13.5. The van der Waals surface area contributed by atoms with Crippen molar-refractivity contribution in [1.82, 2.24) is 0 Å². The highest BCUT2D eigenvalue weighted by molar-refractivity contribution is 5.69. The van der Waals surface area contributed by atoms with Gasteiger partial charge in [-0.1, -0.05) is 32.6 Å². The van der Waals surface area contributed by atoms with Gasteiger partial charge in [-0.3, -0.25) is 4.79 Å². The molecule has 15 heteroatoms. The smallest absolute Gasteiger partial charge is 0.460 e. The number of carbonyl (C=O) groups is 1. The van der Waals surface area contributed by atoms with E-state index in [1.54, 1.807) is 0 Å². The van der Waals surface area contributed by atoms with Crippen LogP contribution in [0.15, 0.2) is 0 Å². The molecule has 0 amide bonds. The van der Waals surface area contributed by atoms with Crippen molar-refractivity contribution in [3.63, 3.8) is 0 Å². The summed E-state index contributed by atoms with van der Waals surface area (Å²) in [5.41, 5.74) is 0. The summed E-state index contributed by atoms with van der Waals surface area (Å²) in [5, 5.41) is 0. The first-order valence-electron chi connectivity index (χ1n) is 8.82. The SMILES string of the molecule is CCCCCCCC(=O)OCCC(F)(F)C(F)(F)C(F)(F)C(F)(F)C(F)(F)C(F)(F)F. The van der Waals surface area contributed by atoms with E-state index in [2.05, 4.69) is 4.74 Å². The van der Waals surface area contributed by atoms with Crippen LogP contribution in [0.5, 0.6) is 0 Å². The molecule has 0 aromatic heterocycles. The summed E-state index contributed by atoms with van der Waals surface area (Å²) < 4.78 is 172. The Morgan fingerprint density at radius 1 is 0.645 bits per heavy atom. The molecule has 0 aromatic rings. The maximum absolute atomic E-state index is 13.5. The van der Waals surface area contributed by atoms with Crippen LogP contribution in [-0.2, 0) is 9.53 Å². The first kappa shape index (κ1) is 29.6. The lowest BCUT2D eigenvalue weighted by Gasteiger charge is -2.39. The maximum Gasteiger partial charge on any atom is 0.460 e. The molecule has 0 rings (SSSR count).